The third-order valence-electron chi connectivity index (χ3n) is 0. The molecule has 4 nitrogen and oxygen atoms in total. The van der Waals surface area contributed by atoms with Crippen molar-refractivity contribution in [2.24, 2.45) is 0 Å². The fourth-order valence-corrected chi connectivity index (χ4v) is 0. The minimum absolute atomic E-state index is 0. The second-order valence-electron chi connectivity index (χ2n) is 0.500. The average Bonchev–Trinajstić information content (AvgIpc) is 0.722. The van der Waals surface area contributed by atoms with E-state index in [2.05, 4.69) is 0 Å². The van der Waals surface area contributed by atoms with Crippen LogP contribution in [0.4, 0.5) is 0 Å². The first-order chi connectivity index (χ1) is 2.00. The summed E-state index contributed by atoms with van der Waals surface area (Å²) in [6, 6.07) is 0. The summed E-state index contributed by atoms with van der Waals surface area (Å²) in [5.41, 5.74) is 0. The van der Waals surface area contributed by atoms with Gasteiger partial charge in [-0.05, 0) is 0 Å². The Morgan fingerprint density at radius 3 is 0.556 bits per heavy atom. The van der Waals surface area contributed by atoms with Gasteiger partial charge in [-0.15, -0.1) is 0 Å². The molecular weight excluding hydrogens is 104 g/mol. The molecule has 0 saturated heterocycles. The van der Waals surface area contributed by atoms with Gasteiger partial charge in [0.2, 0.25) is 0 Å². The predicted octanol–water partition coefficient (Wildman–Crippen LogP) is -16.9. The van der Waals surface area contributed by atoms with Crippen molar-refractivity contribution in [3.8, 4) is 0 Å². The second kappa shape index (κ2) is 12.9. The Kier molecular flexibility index (Phi) is 43.3. The number of rotatable bonds is 0. The van der Waals surface area contributed by atoms with Crippen molar-refractivity contribution in [1.82, 2.24) is 0 Å². The Morgan fingerprint density at radius 2 is 0.556 bits per heavy atom. The molecule has 0 amide bonds. The summed E-state index contributed by atoms with van der Waals surface area (Å²) in [7, 11) is 0. The monoisotopic (exact) mass is 104 g/mol. The predicted molar refractivity (Wildman–Crippen MR) is 2.73 cm³/mol. The van der Waals surface area contributed by atoms with E-state index in [0.29, 0.717) is 0 Å². The Labute approximate surface area is 101 Å². The van der Waals surface area contributed by atoms with Gasteiger partial charge in [0.05, 0.1) is 0 Å². The van der Waals surface area contributed by atoms with Crippen molar-refractivity contribution in [1.29, 1.82) is 0 Å². The molecule has 0 N–H and O–H groups in total. The van der Waals surface area contributed by atoms with Crippen LogP contribution in [0.3, 0.4) is 0 Å². The zero-order chi connectivity index (χ0) is 4.50. The van der Waals surface area contributed by atoms with E-state index in [9.17, 15) is 0 Å². The van der Waals surface area contributed by atoms with Crippen LogP contribution in [-0.4, -0.2) is 6.16 Å². The molecule has 0 aromatic carbocycles. The van der Waals surface area contributed by atoms with E-state index in [4.69, 9.17) is 20.4 Å². The van der Waals surface area contributed by atoms with E-state index >= 15 is 0 Å². The van der Waals surface area contributed by atoms with Gasteiger partial charge in [-0.2, -0.15) is 0 Å². The van der Waals surface area contributed by atoms with Gasteiger partial charge in [0.25, 0.3) is 0 Å². The van der Waals surface area contributed by atoms with Crippen molar-refractivity contribution in [3.05, 3.63) is 0 Å². The third kappa shape index (κ3) is 139. The van der Waals surface area contributed by atoms with Crippen LogP contribution in [0.15, 0.2) is 0 Å². The maximum absolute atomic E-state index is 8.44. The molecule has 0 aromatic heterocycles. The summed E-state index contributed by atoms with van der Waals surface area (Å²) in [5, 5.41) is 33.8. The third-order valence-corrected chi connectivity index (χ3v) is 0. The molecule has 0 unspecified atom stereocenters. The zero-order valence-corrected chi connectivity index (χ0v) is 6.13. The van der Waals surface area contributed by atoms with Crippen LogP contribution in [0.2, 0.25) is 0 Å². The second-order valence-corrected chi connectivity index (χ2v) is 0.500. The molecule has 0 atom stereocenters. The average molecular weight is 104 g/mol. The Bertz CT molecular complexity index is 28.0. The first kappa shape index (κ1) is 30.3. The summed E-state index contributed by atoms with van der Waals surface area (Å²) in [6.45, 7) is 0. The van der Waals surface area contributed by atoms with E-state index < -0.39 is 6.16 Å². The molecule has 0 rings (SSSR count). The van der Waals surface area contributed by atoms with Crippen LogP contribution in [0.25, 0.3) is 0 Å². The zero-order valence-electron chi connectivity index (χ0n) is 6.13. The van der Waals surface area contributed by atoms with Crippen molar-refractivity contribution in [3.63, 3.8) is 0 Å². The van der Waals surface area contributed by atoms with Crippen molar-refractivity contribution < 1.29 is 95.9 Å². The maximum Gasteiger partial charge on any atom is 1.00 e. The fraction of sp³-hybridized carbons (Fsp3) is 1.00. The number of hydrogen-bond acceptors (Lipinski definition) is 4. The van der Waals surface area contributed by atoms with E-state index in [-0.39, 0.29) is 75.4 Å². The molecule has 0 fully saturated rings. The fourth-order valence-electron chi connectivity index (χ4n) is 0. The van der Waals surface area contributed by atoms with Crippen molar-refractivity contribution in [2.75, 3.05) is 0 Å². The molecule has 0 aliphatic carbocycles. The molecule has 0 heterocycles. The van der Waals surface area contributed by atoms with Gasteiger partial charge in [0, 0.05) is 0 Å². The molecule has 0 aliphatic rings. The summed E-state index contributed by atoms with van der Waals surface area (Å²) in [6.07, 6.45) is -4.50. The van der Waals surface area contributed by atoms with Crippen LogP contribution in [0, 0.1) is 0 Å². The number of hydrogen-bond donors (Lipinski definition) is 0. The molecule has 0 aromatic rings. The van der Waals surface area contributed by atoms with Gasteiger partial charge < -0.3 is 26.6 Å². The molecule has 0 saturated carbocycles. The Balaban J connectivity index is -0.0000000133. The van der Waals surface area contributed by atoms with Gasteiger partial charge >= 0.3 is 75.4 Å². The molecule has 8 heteroatoms. The molecule has 0 aliphatic heterocycles. The van der Waals surface area contributed by atoms with E-state index in [1.165, 1.54) is 0 Å². The van der Waals surface area contributed by atoms with Gasteiger partial charge in [0.1, 0.15) is 0 Å². The summed E-state index contributed by atoms with van der Waals surface area (Å²) >= 11 is 0. The first-order valence-electron chi connectivity index (χ1n) is 0.816. The summed E-state index contributed by atoms with van der Waals surface area (Å²) < 4.78 is 0. The van der Waals surface area contributed by atoms with E-state index in [1.54, 1.807) is 0 Å². The van der Waals surface area contributed by atoms with Gasteiger partial charge in [0.15, 0.2) is 0 Å². The van der Waals surface area contributed by atoms with Crippen LogP contribution >= 0.6 is 0 Å². The van der Waals surface area contributed by atoms with Gasteiger partial charge in [-0.25, -0.2) is 0 Å². The minimum atomic E-state index is -4.50. The topological polar surface area (TPSA) is 92.2 Å². The van der Waals surface area contributed by atoms with Gasteiger partial charge in [-0.1, -0.05) is 0 Å². The molecule has 9 heavy (non-hydrogen) atoms. The van der Waals surface area contributed by atoms with Crippen LogP contribution in [0.1, 0.15) is 0 Å². The van der Waals surface area contributed by atoms with Crippen LogP contribution in [-0.2, 0) is 0 Å². The SMILES string of the molecule is [Li+].[Li+].[Li+].[Li+].[O-]C([O-])([O-])[O-]. The minimum Gasteiger partial charge on any atom is -0.890 e. The first-order valence-corrected chi connectivity index (χ1v) is 0.816. The molecule has 0 bridgehead atoms. The van der Waals surface area contributed by atoms with E-state index in [0.717, 1.165) is 0 Å². The van der Waals surface area contributed by atoms with Crippen LogP contribution < -0.4 is 95.9 Å². The maximum atomic E-state index is 8.44. The Hall–Kier alpha value is 2.23. The smallest absolute Gasteiger partial charge is 0.890 e. The van der Waals surface area contributed by atoms with Gasteiger partial charge in [-0.3, -0.25) is 0 Å². The van der Waals surface area contributed by atoms with Crippen molar-refractivity contribution >= 4 is 0 Å². The quantitative estimate of drug-likeness (QED) is 0.225. The summed E-state index contributed by atoms with van der Waals surface area (Å²) in [4.78, 5) is 0. The molecule has 0 spiro atoms. The largest absolute Gasteiger partial charge is 1.00 e. The Morgan fingerprint density at radius 1 is 0.556 bits per heavy atom. The molecule has 32 valence electrons. The van der Waals surface area contributed by atoms with Crippen molar-refractivity contribution in [2.45, 2.75) is 6.16 Å². The normalized spacial score (nSPS) is 6.67. The van der Waals surface area contributed by atoms with E-state index in [1.807, 2.05) is 0 Å². The van der Waals surface area contributed by atoms with Crippen LogP contribution in [0.5, 0.6) is 0 Å². The molecule has 0 radical (unpaired) electrons. The standard InChI is InChI=1S/CO4.4Li/c2-1(3,4)5;;;;/q-4;4*+1. The molecular formula is CLi4O4. The summed E-state index contributed by atoms with van der Waals surface area (Å²) in [5.74, 6) is 0.